The van der Waals surface area contributed by atoms with Crippen LogP contribution in [0.1, 0.15) is 22.0 Å². The zero-order valence-corrected chi connectivity index (χ0v) is 10.4. The van der Waals surface area contributed by atoms with Crippen LogP contribution in [0, 0.1) is 12.7 Å². The Kier molecular flexibility index (Phi) is 3.89. The van der Waals surface area contributed by atoms with Crippen LogP contribution in [0.3, 0.4) is 0 Å². The maximum absolute atomic E-state index is 13.6. The van der Waals surface area contributed by atoms with Crippen molar-refractivity contribution in [3.63, 3.8) is 0 Å². The molecule has 17 heavy (non-hydrogen) atoms. The highest BCUT2D eigenvalue weighted by Gasteiger charge is 2.15. The molecule has 0 aliphatic rings. The number of hydrogen-bond acceptors (Lipinski definition) is 3. The molecule has 0 radical (unpaired) electrons. The molecule has 0 aliphatic heterocycles. The lowest BCUT2D eigenvalue weighted by Crippen LogP contribution is -2.29. The van der Waals surface area contributed by atoms with E-state index >= 15 is 0 Å². The second-order valence-electron chi connectivity index (χ2n) is 3.95. The Labute approximate surface area is 104 Å². The lowest BCUT2D eigenvalue weighted by molar-refractivity contribution is 0.528. The van der Waals surface area contributed by atoms with E-state index in [1.165, 1.54) is 10.9 Å². The fraction of sp³-hybridized carbons (Fsp3) is 0.231. The first-order chi connectivity index (χ1) is 8.22. The number of aryl methyl sites for hydroxylation is 1. The second kappa shape index (κ2) is 5.40. The van der Waals surface area contributed by atoms with Crippen LogP contribution >= 0.6 is 11.3 Å². The van der Waals surface area contributed by atoms with Crippen LogP contribution < -0.4 is 11.3 Å². The SMILES string of the molecule is Cc1sccc1C(Cc1ccccc1F)NN. The minimum atomic E-state index is -0.180. The van der Waals surface area contributed by atoms with Crippen molar-refractivity contribution in [1.82, 2.24) is 5.43 Å². The molecule has 4 heteroatoms. The summed E-state index contributed by atoms with van der Waals surface area (Å²) in [5.41, 5.74) is 4.58. The number of nitrogens with two attached hydrogens (primary N) is 1. The van der Waals surface area contributed by atoms with Crippen LogP contribution in [0.15, 0.2) is 35.7 Å². The highest BCUT2D eigenvalue weighted by atomic mass is 32.1. The summed E-state index contributed by atoms with van der Waals surface area (Å²) in [6, 6.07) is 8.79. The van der Waals surface area contributed by atoms with Gasteiger partial charge in [0, 0.05) is 4.88 Å². The molecule has 0 bridgehead atoms. The topological polar surface area (TPSA) is 38.0 Å². The predicted molar refractivity (Wildman–Crippen MR) is 69.2 cm³/mol. The van der Waals surface area contributed by atoms with E-state index in [2.05, 4.69) is 5.43 Å². The van der Waals surface area contributed by atoms with E-state index in [9.17, 15) is 4.39 Å². The monoisotopic (exact) mass is 250 g/mol. The van der Waals surface area contributed by atoms with Crippen molar-refractivity contribution in [1.29, 1.82) is 0 Å². The molecule has 1 aromatic heterocycles. The molecule has 0 saturated carbocycles. The number of thiophene rings is 1. The van der Waals surface area contributed by atoms with Gasteiger partial charge in [0.05, 0.1) is 6.04 Å². The molecule has 90 valence electrons. The van der Waals surface area contributed by atoms with Gasteiger partial charge in [-0.1, -0.05) is 18.2 Å². The van der Waals surface area contributed by atoms with Crippen molar-refractivity contribution in [2.45, 2.75) is 19.4 Å². The summed E-state index contributed by atoms with van der Waals surface area (Å²) in [6.07, 6.45) is 0.556. The van der Waals surface area contributed by atoms with Gasteiger partial charge in [-0.05, 0) is 42.0 Å². The van der Waals surface area contributed by atoms with Gasteiger partial charge in [-0.3, -0.25) is 11.3 Å². The fourth-order valence-electron chi connectivity index (χ4n) is 1.90. The van der Waals surface area contributed by atoms with Gasteiger partial charge in [-0.25, -0.2) is 4.39 Å². The Balaban J connectivity index is 2.22. The molecule has 2 rings (SSSR count). The number of rotatable bonds is 4. The maximum atomic E-state index is 13.6. The van der Waals surface area contributed by atoms with Gasteiger partial charge in [0.2, 0.25) is 0 Å². The minimum Gasteiger partial charge on any atom is -0.271 e. The third kappa shape index (κ3) is 2.72. The Morgan fingerprint density at radius 2 is 2.12 bits per heavy atom. The average Bonchev–Trinajstić information content (AvgIpc) is 2.75. The summed E-state index contributed by atoms with van der Waals surface area (Å²) in [5.74, 6) is 5.38. The number of hydrazine groups is 1. The standard InChI is InChI=1S/C13H15FN2S/c1-9-11(6-7-17-9)13(16-15)8-10-4-2-3-5-12(10)14/h2-7,13,16H,8,15H2,1H3. The molecule has 0 saturated heterocycles. The van der Waals surface area contributed by atoms with Gasteiger partial charge in [-0.2, -0.15) is 0 Å². The highest BCUT2D eigenvalue weighted by Crippen LogP contribution is 2.25. The number of hydrogen-bond donors (Lipinski definition) is 2. The third-order valence-electron chi connectivity index (χ3n) is 2.86. The quantitative estimate of drug-likeness (QED) is 0.647. The van der Waals surface area contributed by atoms with Crippen molar-refractivity contribution < 1.29 is 4.39 Å². The van der Waals surface area contributed by atoms with E-state index in [1.54, 1.807) is 23.5 Å². The Morgan fingerprint density at radius 3 is 2.71 bits per heavy atom. The number of halogens is 1. The number of nitrogens with one attached hydrogen (secondary N) is 1. The first-order valence-electron chi connectivity index (χ1n) is 5.46. The lowest BCUT2D eigenvalue weighted by Gasteiger charge is -2.16. The first-order valence-corrected chi connectivity index (χ1v) is 6.34. The van der Waals surface area contributed by atoms with Gasteiger partial charge < -0.3 is 0 Å². The zero-order chi connectivity index (χ0) is 12.3. The van der Waals surface area contributed by atoms with Crippen molar-refractivity contribution in [2.24, 2.45) is 5.84 Å². The molecule has 1 unspecified atom stereocenters. The van der Waals surface area contributed by atoms with E-state index in [4.69, 9.17) is 5.84 Å². The van der Waals surface area contributed by atoms with Gasteiger partial charge in [0.1, 0.15) is 5.82 Å². The van der Waals surface area contributed by atoms with E-state index in [1.807, 2.05) is 24.4 Å². The fourth-order valence-corrected chi connectivity index (χ4v) is 2.66. The van der Waals surface area contributed by atoms with Crippen molar-refractivity contribution in [3.05, 3.63) is 57.5 Å². The highest BCUT2D eigenvalue weighted by molar-refractivity contribution is 7.10. The van der Waals surface area contributed by atoms with Gasteiger partial charge in [0.15, 0.2) is 0 Å². The molecule has 0 amide bonds. The molecule has 0 spiro atoms. The van der Waals surface area contributed by atoms with Crippen molar-refractivity contribution >= 4 is 11.3 Å². The molecular formula is C13H15FN2S. The Hall–Kier alpha value is -1.23. The minimum absolute atomic E-state index is 0.0434. The summed E-state index contributed by atoms with van der Waals surface area (Å²) < 4.78 is 13.6. The Bertz CT molecular complexity index is 496. The average molecular weight is 250 g/mol. The van der Waals surface area contributed by atoms with Gasteiger partial charge in [0.25, 0.3) is 0 Å². The molecule has 0 fully saturated rings. The van der Waals surface area contributed by atoms with Crippen LogP contribution in [-0.4, -0.2) is 0 Å². The summed E-state index contributed by atoms with van der Waals surface area (Å²) in [7, 11) is 0. The molecule has 1 aromatic carbocycles. The molecule has 2 aromatic rings. The summed E-state index contributed by atoms with van der Waals surface area (Å²) in [5, 5.41) is 2.02. The van der Waals surface area contributed by atoms with E-state index in [0.717, 1.165) is 5.56 Å². The van der Waals surface area contributed by atoms with Crippen molar-refractivity contribution in [2.75, 3.05) is 0 Å². The maximum Gasteiger partial charge on any atom is 0.126 e. The zero-order valence-electron chi connectivity index (χ0n) is 9.61. The largest absolute Gasteiger partial charge is 0.271 e. The second-order valence-corrected chi connectivity index (χ2v) is 5.07. The van der Waals surface area contributed by atoms with E-state index in [-0.39, 0.29) is 11.9 Å². The summed E-state index contributed by atoms with van der Waals surface area (Å²) in [6.45, 7) is 2.05. The van der Waals surface area contributed by atoms with Gasteiger partial charge >= 0.3 is 0 Å². The summed E-state index contributed by atoms with van der Waals surface area (Å²) >= 11 is 1.67. The number of benzene rings is 1. The Morgan fingerprint density at radius 1 is 1.35 bits per heavy atom. The van der Waals surface area contributed by atoms with Crippen molar-refractivity contribution in [3.8, 4) is 0 Å². The van der Waals surface area contributed by atoms with Crippen LogP contribution in [0.5, 0.6) is 0 Å². The molecule has 1 atom stereocenters. The summed E-state index contributed by atoms with van der Waals surface area (Å²) in [4.78, 5) is 1.21. The molecule has 1 heterocycles. The molecule has 3 N–H and O–H groups in total. The predicted octanol–water partition coefficient (Wildman–Crippen LogP) is 2.94. The van der Waals surface area contributed by atoms with E-state index < -0.39 is 0 Å². The van der Waals surface area contributed by atoms with E-state index in [0.29, 0.717) is 12.0 Å². The molecule has 2 nitrogen and oxygen atoms in total. The lowest BCUT2D eigenvalue weighted by atomic mass is 10.00. The molecular weight excluding hydrogens is 235 g/mol. The molecule has 0 aliphatic carbocycles. The van der Waals surface area contributed by atoms with Crippen LogP contribution in [0.2, 0.25) is 0 Å². The van der Waals surface area contributed by atoms with Crippen LogP contribution in [0.4, 0.5) is 4.39 Å². The third-order valence-corrected chi connectivity index (χ3v) is 3.72. The van der Waals surface area contributed by atoms with Crippen LogP contribution in [-0.2, 0) is 6.42 Å². The van der Waals surface area contributed by atoms with Crippen LogP contribution in [0.25, 0.3) is 0 Å². The smallest absolute Gasteiger partial charge is 0.126 e. The first kappa shape index (κ1) is 12.2. The normalized spacial score (nSPS) is 12.6. The van der Waals surface area contributed by atoms with Gasteiger partial charge in [-0.15, -0.1) is 11.3 Å².